The van der Waals surface area contributed by atoms with Crippen LogP contribution in [0.1, 0.15) is 18.9 Å². The quantitative estimate of drug-likeness (QED) is 0.662. The maximum absolute atomic E-state index is 5.86. The molecule has 1 saturated carbocycles. The standard InChI is InChI=1S/C12H13N5/c13-7-3-8(4-7)17-6-16-10-5-15-12-9(11(10)17)1-2-14-12/h1-2,5-8H,3-4,13H2,(H,14,15). The first-order valence-corrected chi connectivity index (χ1v) is 5.87. The Balaban J connectivity index is 1.99. The molecule has 4 rings (SSSR count). The van der Waals surface area contributed by atoms with Gasteiger partial charge < -0.3 is 15.3 Å². The van der Waals surface area contributed by atoms with Crippen LogP contribution in [0.4, 0.5) is 0 Å². The van der Waals surface area contributed by atoms with Crippen molar-refractivity contribution >= 4 is 22.1 Å². The van der Waals surface area contributed by atoms with Crippen molar-refractivity contribution in [2.45, 2.75) is 24.9 Å². The molecule has 1 aliphatic carbocycles. The van der Waals surface area contributed by atoms with Crippen molar-refractivity contribution in [3.63, 3.8) is 0 Å². The average Bonchev–Trinajstić information content (AvgIpc) is 2.90. The molecule has 0 amide bonds. The van der Waals surface area contributed by atoms with E-state index < -0.39 is 0 Å². The van der Waals surface area contributed by atoms with E-state index in [1.54, 1.807) is 0 Å². The summed E-state index contributed by atoms with van der Waals surface area (Å²) in [6.45, 7) is 0. The van der Waals surface area contributed by atoms with Crippen LogP contribution in [0.3, 0.4) is 0 Å². The molecule has 1 aliphatic rings. The zero-order chi connectivity index (χ0) is 11.4. The van der Waals surface area contributed by atoms with Gasteiger partial charge in [0, 0.05) is 23.7 Å². The van der Waals surface area contributed by atoms with Crippen molar-refractivity contribution in [2.24, 2.45) is 5.73 Å². The van der Waals surface area contributed by atoms with Gasteiger partial charge in [0.2, 0.25) is 0 Å². The van der Waals surface area contributed by atoms with Gasteiger partial charge in [0.25, 0.3) is 0 Å². The molecule has 5 nitrogen and oxygen atoms in total. The lowest BCUT2D eigenvalue weighted by Crippen LogP contribution is -2.37. The van der Waals surface area contributed by atoms with Gasteiger partial charge in [-0.1, -0.05) is 0 Å². The van der Waals surface area contributed by atoms with Gasteiger partial charge in [-0.25, -0.2) is 9.97 Å². The molecule has 3 aromatic heterocycles. The van der Waals surface area contributed by atoms with Crippen molar-refractivity contribution in [1.82, 2.24) is 19.5 Å². The fraction of sp³-hybridized carbons (Fsp3) is 0.333. The number of H-pyrrole nitrogens is 1. The normalized spacial score (nSPS) is 24.3. The highest BCUT2D eigenvalue weighted by Gasteiger charge is 2.28. The van der Waals surface area contributed by atoms with E-state index in [1.165, 1.54) is 5.52 Å². The van der Waals surface area contributed by atoms with E-state index in [4.69, 9.17) is 5.73 Å². The Morgan fingerprint density at radius 1 is 1.35 bits per heavy atom. The van der Waals surface area contributed by atoms with Gasteiger partial charge in [0.05, 0.1) is 18.0 Å². The molecule has 0 spiro atoms. The highest BCUT2D eigenvalue weighted by Crippen LogP contribution is 2.34. The summed E-state index contributed by atoms with van der Waals surface area (Å²) in [6.07, 6.45) is 7.74. The highest BCUT2D eigenvalue weighted by atomic mass is 15.1. The SMILES string of the molecule is NC1CC(n2cnc3cnc4[nH]ccc4c32)C1. The number of nitrogens with one attached hydrogen (secondary N) is 1. The van der Waals surface area contributed by atoms with Crippen LogP contribution in [-0.4, -0.2) is 25.6 Å². The van der Waals surface area contributed by atoms with E-state index >= 15 is 0 Å². The Bertz CT molecular complexity index is 689. The van der Waals surface area contributed by atoms with Gasteiger partial charge in [-0.15, -0.1) is 0 Å². The topological polar surface area (TPSA) is 72.5 Å². The van der Waals surface area contributed by atoms with Crippen LogP contribution >= 0.6 is 0 Å². The lowest BCUT2D eigenvalue weighted by atomic mass is 9.87. The summed E-state index contributed by atoms with van der Waals surface area (Å²) in [7, 11) is 0. The van der Waals surface area contributed by atoms with Gasteiger partial charge in [-0.05, 0) is 18.9 Å². The second kappa shape index (κ2) is 3.07. The molecule has 17 heavy (non-hydrogen) atoms. The Morgan fingerprint density at radius 2 is 2.24 bits per heavy atom. The summed E-state index contributed by atoms with van der Waals surface area (Å²) >= 11 is 0. The first-order chi connectivity index (χ1) is 8.33. The molecule has 3 heterocycles. The Morgan fingerprint density at radius 3 is 3.06 bits per heavy atom. The summed E-state index contributed by atoms with van der Waals surface area (Å²) in [5, 5.41) is 1.14. The third kappa shape index (κ3) is 1.17. The molecular formula is C12H13N5. The number of imidazole rings is 1. The minimum Gasteiger partial charge on any atom is -0.346 e. The van der Waals surface area contributed by atoms with E-state index in [0.717, 1.165) is 29.4 Å². The van der Waals surface area contributed by atoms with Gasteiger partial charge in [0.1, 0.15) is 11.2 Å². The third-order valence-corrected chi connectivity index (χ3v) is 3.66. The number of pyridine rings is 1. The Kier molecular flexibility index (Phi) is 1.66. The van der Waals surface area contributed by atoms with Gasteiger partial charge in [-0.2, -0.15) is 0 Å². The van der Waals surface area contributed by atoms with Crippen LogP contribution in [0, 0.1) is 0 Å². The Hall–Kier alpha value is -1.88. The van der Waals surface area contributed by atoms with E-state index in [2.05, 4.69) is 25.6 Å². The molecule has 0 aromatic carbocycles. The van der Waals surface area contributed by atoms with Crippen molar-refractivity contribution in [1.29, 1.82) is 0 Å². The van der Waals surface area contributed by atoms with Crippen LogP contribution in [0.2, 0.25) is 0 Å². The van der Waals surface area contributed by atoms with E-state index in [9.17, 15) is 0 Å². The number of aromatic amines is 1. The molecule has 1 fully saturated rings. The number of aromatic nitrogens is 4. The largest absolute Gasteiger partial charge is 0.346 e. The van der Waals surface area contributed by atoms with Crippen molar-refractivity contribution in [2.75, 3.05) is 0 Å². The maximum atomic E-state index is 5.86. The smallest absolute Gasteiger partial charge is 0.139 e. The number of nitrogens with two attached hydrogens (primary N) is 1. The van der Waals surface area contributed by atoms with Crippen molar-refractivity contribution < 1.29 is 0 Å². The van der Waals surface area contributed by atoms with Crippen LogP contribution in [0.15, 0.2) is 24.8 Å². The van der Waals surface area contributed by atoms with E-state index in [1.807, 2.05) is 18.7 Å². The molecule has 0 atom stereocenters. The molecule has 0 bridgehead atoms. The molecule has 5 heteroatoms. The van der Waals surface area contributed by atoms with Crippen LogP contribution < -0.4 is 5.73 Å². The zero-order valence-electron chi connectivity index (χ0n) is 9.30. The first-order valence-electron chi connectivity index (χ1n) is 5.87. The molecule has 0 saturated heterocycles. The molecule has 0 radical (unpaired) electrons. The highest BCUT2D eigenvalue weighted by molar-refractivity contribution is 6.00. The second-order valence-electron chi connectivity index (χ2n) is 4.77. The van der Waals surface area contributed by atoms with Gasteiger partial charge >= 0.3 is 0 Å². The molecule has 0 unspecified atom stereocenters. The summed E-state index contributed by atoms with van der Waals surface area (Å²) in [6, 6.07) is 2.90. The van der Waals surface area contributed by atoms with Crippen LogP contribution in [0.5, 0.6) is 0 Å². The summed E-state index contributed by atoms with van der Waals surface area (Å²) < 4.78 is 2.25. The lowest BCUT2D eigenvalue weighted by molar-refractivity contribution is 0.272. The summed E-state index contributed by atoms with van der Waals surface area (Å²) in [4.78, 5) is 11.9. The Labute approximate surface area is 97.7 Å². The zero-order valence-corrected chi connectivity index (χ0v) is 9.30. The number of nitrogens with zero attached hydrogens (tertiary/aromatic N) is 3. The number of rotatable bonds is 1. The minimum atomic E-state index is 0.348. The van der Waals surface area contributed by atoms with Gasteiger partial charge in [-0.3, -0.25) is 0 Å². The number of hydrogen-bond donors (Lipinski definition) is 2. The molecule has 3 N–H and O–H groups in total. The first kappa shape index (κ1) is 9.18. The van der Waals surface area contributed by atoms with E-state index in [-0.39, 0.29) is 0 Å². The molecule has 0 aliphatic heterocycles. The third-order valence-electron chi connectivity index (χ3n) is 3.66. The summed E-state index contributed by atoms with van der Waals surface area (Å²) in [5.41, 5.74) is 8.91. The molecule has 86 valence electrons. The van der Waals surface area contributed by atoms with Gasteiger partial charge in [0.15, 0.2) is 0 Å². The minimum absolute atomic E-state index is 0.348. The predicted molar refractivity (Wildman–Crippen MR) is 65.6 cm³/mol. The number of hydrogen-bond acceptors (Lipinski definition) is 3. The van der Waals surface area contributed by atoms with Crippen molar-refractivity contribution in [3.05, 3.63) is 24.8 Å². The van der Waals surface area contributed by atoms with Crippen LogP contribution in [0.25, 0.3) is 22.1 Å². The predicted octanol–water partition coefficient (Wildman–Crippen LogP) is 1.57. The average molecular weight is 227 g/mol. The molecular weight excluding hydrogens is 214 g/mol. The molecule has 3 aromatic rings. The lowest BCUT2D eigenvalue weighted by Gasteiger charge is -2.33. The maximum Gasteiger partial charge on any atom is 0.139 e. The monoisotopic (exact) mass is 227 g/mol. The van der Waals surface area contributed by atoms with Crippen LogP contribution in [-0.2, 0) is 0 Å². The van der Waals surface area contributed by atoms with E-state index in [0.29, 0.717) is 12.1 Å². The number of fused-ring (bicyclic) bond motifs is 3. The fourth-order valence-electron chi connectivity index (χ4n) is 2.67. The van der Waals surface area contributed by atoms with Crippen molar-refractivity contribution in [3.8, 4) is 0 Å². The fourth-order valence-corrected chi connectivity index (χ4v) is 2.67. The second-order valence-corrected chi connectivity index (χ2v) is 4.77. The summed E-state index contributed by atoms with van der Waals surface area (Å²) in [5.74, 6) is 0.